The minimum absolute atomic E-state index is 0.0655. The molecule has 2 aromatic rings. The minimum atomic E-state index is -0.0655. The Bertz CT molecular complexity index is 945. The van der Waals surface area contributed by atoms with Crippen LogP contribution in [-0.4, -0.2) is 20.0 Å². The lowest BCUT2D eigenvalue weighted by Gasteiger charge is -2.48. The van der Waals surface area contributed by atoms with Gasteiger partial charge in [-0.25, -0.2) is 0 Å². The van der Waals surface area contributed by atoms with Crippen LogP contribution in [0.15, 0.2) is 36.4 Å². The molecule has 0 bridgehead atoms. The molecular weight excluding hydrogens is 360 g/mol. The third-order valence-corrected chi connectivity index (χ3v) is 8.15. The van der Waals surface area contributed by atoms with Crippen molar-refractivity contribution in [2.75, 3.05) is 14.2 Å². The fraction of sp³-hybridized carbons (Fsp3) is 0.500. The fourth-order valence-electron chi connectivity index (χ4n) is 6.53. The van der Waals surface area contributed by atoms with Gasteiger partial charge in [-0.15, -0.1) is 0 Å². The molecule has 0 saturated heterocycles. The van der Waals surface area contributed by atoms with E-state index in [-0.39, 0.29) is 5.41 Å². The van der Waals surface area contributed by atoms with E-state index >= 15 is 0 Å². The molecule has 3 nitrogen and oxygen atoms in total. The summed E-state index contributed by atoms with van der Waals surface area (Å²) in [7, 11) is 3.45. The van der Waals surface area contributed by atoms with Gasteiger partial charge >= 0.3 is 0 Å². The summed E-state index contributed by atoms with van der Waals surface area (Å²) >= 11 is 0. The van der Waals surface area contributed by atoms with Crippen LogP contribution in [0.1, 0.15) is 56.1 Å². The fourth-order valence-corrected chi connectivity index (χ4v) is 6.53. The average Bonchev–Trinajstić information content (AvgIpc) is 3.07. The first-order valence-electron chi connectivity index (χ1n) is 10.9. The first-order chi connectivity index (χ1) is 14.0. The maximum absolute atomic E-state index is 12.6. The maximum atomic E-state index is 12.6. The molecule has 0 spiro atoms. The summed E-state index contributed by atoms with van der Waals surface area (Å²) in [6.45, 7) is 2.25. The standard InChI is InChI=1S/C26H30O3/c1-26-13-12-19-20(23(26)10-11-25(26)27)9-6-17-14-24(29-3)22(15-21(17)19)16-4-7-18(28-2)8-5-16/h4-5,7-8,14-15,19-20,23H,6,9-13H2,1-3H3/t19-,20+,23-,26-/m0/s1. The number of ether oxygens (including phenoxy) is 2. The topological polar surface area (TPSA) is 35.5 Å². The monoisotopic (exact) mass is 390 g/mol. The third kappa shape index (κ3) is 2.81. The zero-order valence-corrected chi connectivity index (χ0v) is 17.7. The van der Waals surface area contributed by atoms with Crippen molar-refractivity contribution >= 4 is 5.78 Å². The van der Waals surface area contributed by atoms with Crippen molar-refractivity contribution in [3.05, 3.63) is 47.5 Å². The second kappa shape index (κ2) is 6.90. The lowest BCUT2D eigenvalue weighted by atomic mass is 9.55. The molecule has 0 aliphatic heterocycles. The number of carbonyl (C=O) groups is 1. The average molecular weight is 391 g/mol. The van der Waals surface area contributed by atoms with Crippen molar-refractivity contribution in [3.63, 3.8) is 0 Å². The van der Waals surface area contributed by atoms with Gasteiger partial charge in [0.2, 0.25) is 0 Å². The number of ketones is 1. The van der Waals surface area contributed by atoms with E-state index in [0.29, 0.717) is 23.5 Å². The summed E-state index contributed by atoms with van der Waals surface area (Å²) in [4.78, 5) is 12.6. The van der Waals surface area contributed by atoms with Crippen LogP contribution in [0.3, 0.4) is 0 Å². The molecule has 3 heteroatoms. The van der Waals surface area contributed by atoms with Crippen LogP contribution in [0, 0.1) is 17.3 Å². The Morgan fingerprint density at radius 1 is 0.966 bits per heavy atom. The van der Waals surface area contributed by atoms with Gasteiger partial charge in [0.15, 0.2) is 0 Å². The van der Waals surface area contributed by atoms with E-state index in [1.54, 1.807) is 14.2 Å². The van der Waals surface area contributed by atoms with Crippen LogP contribution in [0.5, 0.6) is 11.5 Å². The van der Waals surface area contributed by atoms with Gasteiger partial charge in [-0.1, -0.05) is 19.1 Å². The number of carbonyl (C=O) groups excluding carboxylic acids is 1. The highest BCUT2D eigenvalue weighted by Gasteiger charge is 2.54. The van der Waals surface area contributed by atoms with E-state index < -0.39 is 0 Å². The van der Waals surface area contributed by atoms with Gasteiger partial charge in [-0.05, 0) is 90.8 Å². The van der Waals surface area contributed by atoms with Gasteiger partial charge < -0.3 is 9.47 Å². The second-order valence-corrected chi connectivity index (χ2v) is 9.31. The van der Waals surface area contributed by atoms with E-state index in [4.69, 9.17) is 9.47 Å². The van der Waals surface area contributed by atoms with Crippen molar-refractivity contribution in [3.8, 4) is 22.6 Å². The number of methoxy groups -OCH3 is 2. The van der Waals surface area contributed by atoms with Crippen molar-refractivity contribution < 1.29 is 14.3 Å². The molecule has 0 amide bonds. The van der Waals surface area contributed by atoms with Crippen molar-refractivity contribution in [2.24, 2.45) is 17.3 Å². The Morgan fingerprint density at radius 2 is 1.76 bits per heavy atom. The Hall–Kier alpha value is -2.29. The van der Waals surface area contributed by atoms with Gasteiger partial charge in [-0.2, -0.15) is 0 Å². The molecule has 3 aliphatic carbocycles. The predicted molar refractivity (Wildman–Crippen MR) is 115 cm³/mol. The number of aryl methyl sites for hydroxylation is 1. The van der Waals surface area contributed by atoms with Gasteiger partial charge in [0.05, 0.1) is 14.2 Å². The summed E-state index contributed by atoms with van der Waals surface area (Å²) < 4.78 is 11.1. The summed E-state index contributed by atoms with van der Waals surface area (Å²) in [5.74, 6) is 4.11. The Labute approximate surface area is 173 Å². The Balaban J connectivity index is 1.56. The van der Waals surface area contributed by atoms with E-state index in [1.165, 1.54) is 17.5 Å². The van der Waals surface area contributed by atoms with Crippen molar-refractivity contribution in [1.29, 1.82) is 0 Å². The first kappa shape index (κ1) is 18.7. The smallest absolute Gasteiger partial charge is 0.139 e. The molecule has 29 heavy (non-hydrogen) atoms. The zero-order valence-electron chi connectivity index (χ0n) is 17.7. The summed E-state index contributed by atoms with van der Waals surface area (Å²) in [5, 5.41) is 0. The molecule has 0 unspecified atom stereocenters. The number of hydrogen-bond acceptors (Lipinski definition) is 3. The van der Waals surface area contributed by atoms with Crippen LogP contribution in [0.25, 0.3) is 11.1 Å². The molecule has 5 rings (SSSR count). The molecule has 2 saturated carbocycles. The number of fused-ring (bicyclic) bond motifs is 5. The third-order valence-electron chi connectivity index (χ3n) is 8.15. The lowest BCUT2D eigenvalue weighted by molar-refractivity contribution is -0.129. The predicted octanol–water partition coefficient (Wildman–Crippen LogP) is 5.80. The van der Waals surface area contributed by atoms with Crippen LogP contribution in [-0.2, 0) is 11.2 Å². The van der Waals surface area contributed by atoms with E-state index in [2.05, 4.69) is 31.2 Å². The molecule has 0 N–H and O–H groups in total. The van der Waals surface area contributed by atoms with Crippen LogP contribution < -0.4 is 9.47 Å². The summed E-state index contributed by atoms with van der Waals surface area (Å²) in [6, 6.07) is 12.9. The van der Waals surface area contributed by atoms with Crippen molar-refractivity contribution in [1.82, 2.24) is 0 Å². The number of benzene rings is 2. The van der Waals surface area contributed by atoms with Crippen LogP contribution >= 0.6 is 0 Å². The maximum Gasteiger partial charge on any atom is 0.139 e. The molecule has 152 valence electrons. The number of Topliss-reactive ketones (excluding diaryl/α,β-unsaturated/α-hetero) is 1. The Kier molecular flexibility index (Phi) is 4.45. The van der Waals surface area contributed by atoms with Crippen LogP contribution in [0.4, 0.5) is 0 Å². The number of rotatable bonds is 3. The highest BCUT2D eigenvalue weighted by molar-refractivity contribution is 5.87. The lowest BCUT2D eigenvalue weighted by Crippen LogP contribution is -2.42. The van der Waals surface area contributed by atoms with Crippen LogP contribution in [0.2, 0.25) is 0 Å². The zero-order chi connectivity index (χ0) is 20.2. The molecule has 4 atom stereocenters. The first-order valence-corrected chi connectivity index (χ1v) is 10.9. The molecule has 3 aliphatic rings. The SMILES string of the molecule is COc1ccc(-c2cc3c(cc2OC)CC[C@@H]2[C@@H]3CC[C@]3(C)C(=O)CC[C@@H]23)cc1. The normalized spacial score (nSPS) is 30.3. The largest absolute Gasteiger partial charge is 0.497 e. The van der Waals surface area contributed by atoms with Gasteiger partial charge in [0, 0.05) is 17.4 Å². The molecule has 0 radical (unpaired) electrons. The van der Waals surface area contributed by atoms with E-state index in [1.807, 2.05) is 12.1 Å². The summed E-state index contributed by atoms with van der Waals surface area (Å²) in [6.07, 6.45) is 6.35. The molecule has 0 heterocycles. The summed E-state index contributed by atoms with van der Waals surface area (Å²) in [5.41, 5.74) is 5.18. The van der Waals surface area contributed by atoms with Crippen molar-refractivity contribution in [2.45, 2.75) is 51.4 Å². The highest BCUT2D eigenvalue weighted by atomic mass is 16.5. The van der Waals surface area contributed by atoms with E-state index in [0.717, 1.165) is 54.7 Å². The Morgan fingerprint density at radius 3 is 2.48 bits per heavy atom. The highest BCUT2D eigenvalue weighted by Crippen LogP contribution is 2.60. The van der Waals surface area contributed by atoms with Gasteiger partial charge in [0.1, 0.15) is 17.3 Å². The quantitative estimate of drug-likeness (QED) is 0.665. The second-order valence-electron chi connectivity index (χ2n) is 9.31. The molecule has 2 fully saturated rings. The minimum Gasteiger partial charge on any atom is -0.497 e. The van der Waals surface area contributed by atoms with E-state index in [9.17, 15) is 4.79 Å². The molecule has 0 aromatic heterocycles. The van der Waals surface area contributed by atoms with Gasteiger partial charge in [0.25, 0.3) is 0 Å². The number of hydrogen-bond donors (Lipinski definition) is 0. The van der Waals surface area contributed by atoms with Gasteiger partial charge in [-0.3, -0.25) is 4.79 Å². The molecule has 2 aromatic carbocycles. The molecular formula is C26H30O3.